The topological polar surface area (TPSA) is 54.4 Å². The molecule has 0 amide bonds. The highest BCUT2D eigenvalue weighted by Crippen LogP contribution is 2.26. The van der Waals surface area contributed by atoms with Gasteiger partial charge in [-0.3, -0.25) is 0 Å². The summed E-state index contributed by atoms with van der Waals surface area (Å²) < 4.78 is 5.33. The van der Waals surface area contributed by atoms with E-state index in [0.717, 1.165) is 43.3 Å². The highest BCUT2D eigenvalue weighted by Gasteiger charge is 2.23. The Hall–Kier alpha value is -1.24. The fourth-order valence-corrected chi connectivity index (χ4v) is 3.95. The molecule has 0 radical (unpaired) electrons. The molecule has 0 aromatic carbocycles. The van der Waals surface area contributed by atoms with Crippen molar-refractivity contribution in [1.82, 2.24) is 15.0 Å². The molecular formula is C16H27N5OS. The Morgan fingerprint density at radius 1 is 0.870 bits per heavy atom. The molecule has 0 unspecified atom stereocenters. The molecule has 0 atom stereocenters. The van der Waals surface area contributed by atoms with Crippen molar-refractivity contribution >= 4 is 23.7 Å². The molecule has 0 spiro atoms. The zero-order valence-corrected chi connectivity index (χ0v) is 15.0. The third-order valence-electron chi connectivity index (χ3n) is 4.72. The van der Waals surface area contributed by atoms with Crippen molar-refractivity contribution in [1.29, 1.82) is 0 Å². The van der Waals surface area contributed by atoms with Crippen LogP contribution in [0, 0.1) is 0 Å². The second kappa shape index (κ2) is 8.04. The number of hydrogen-bond donors (Lipinski definition) is 0. The lowest BCUT2D eigenvalue weighted by Crippen LogP contribution is -2.36. The molecule has 23 heavy (non-hydrogen) atoms. The van der Waals surface area contributed by atoms with Crippen LogP contribution in [0.25, 0.3) is 0 Å². The lowest BCUT2D eigenvalue weighted by Gasteiger charge is -2.31. The van der Waals surface area contributed by atoms with Crippen LogP contribution in [-0.2, 0) is 0 Å². The number of anilines is 2. The Labute approximate surface area is 143 Å². The minimum atomic E-state index is 0.432. The maximum absolute atomic E-state index is 5.33. The van der Waals surface area contributed by atoms with Gasteiger partial charge in [0, 0.05) is 31.4 Å². The standard InChI is InChI=1S/C16H27N5OS/c1-22-16-18-14(20-9-5-3-4-6-10-20)17-15(19-16)21-11-7-13(23-2)8-12-21/h13H,3-12H2,1-2H3. The summed E-state index contributed by atoms with van der Waals surface area (Å²) in [4.78, 5) is 18.3. The van der Waals surface area contributed by atoms with Gasteiger partial charge in [-0.25, -0.2) is 0 Å². The van der Waals surface area contributed by atoms with Crippen LogP contribution < -0.4 is 14.5 Å². The number of ether oxygens (including phenoxy) is 1. The number of nitrogens with zero attached hydrogens (tertiary/aromatic N) is 5. The zero-order valence-electron chi connectivity index (χ0n) is 14.2. The first-order valence-corrected chi connectivity index (χ1v) is 9.91. The van der Waals surface area contributed by atoms with E-state index < -0.39 is 0 Å². The van der Waals surface area contributed by atoms with E-state index in [1.54, 1.807) is 7.11 Å². The number of rotatable bonds is 4. The molecule has 0 aliphatic carbocycles. The predicted molar refractivity (Wildman–Crippen MR) is 95.8 cm³/mol. The molecule has 2 aliphatic heterocycles. The molecule has 1 aromatic rings. The summed E-state index contributed by atoms with van der Waals surface area (Å²) >= 11 is 1.97. The molecule has 6 nitrogen and oxygen atoms in total. The van der Waals surface area contributed by atoms with Crippen molar-refractivity contribution in [2.75, 3.05) is 49.3 Å². The summed E-state index contributed by atoms with van der Waals surface area (Å²) in [7, 11) is 1.63. The SMILES string of the molecule is COc1nc(N2CCCCCC2)nc(N2CCC(SC)CC2)n1. The first kappa shape index (κ1) is 16.6. The minimum absolute atomic E-state index is 0.432. The molecule has 7 heteroatoms. The van der Waals surface area contributed by atoms with Crippen molar-refractivity contribution in [3.63, 3.8) is 0 Å². The van der Waals surface area contributed by atoms with Crippen LogP contribution in [0.4, 0.5) is 11.9 Å². The van der Waals surface area contributed by atoms with Crippen molar-refractivity contribution in [2.24, 2.45) is 0 Å². The van der Waals surface area contributed by atoms with Crippen molar-refractivity contribution in [2.45, 2.75) is 43.8 Å². The number of piperidine rings is 1. The van der Waals surface area contributed by atoms with E-state index in [1.807, 2.05) is 11.8 Å². The second-order valence-corrected chi connectivity index (χ2v) is 7.38. The van der Waals surface area contributed by atoms with E-state index in [-0.39, 0.29) is 0 Å². The first-order chi connectivity index (χ1) is 11.3. The second-order valence-electron chi connectivity index (χ2n) is 6.25. The van der Waals surface area contributed by atoms with Gasteiger partial charge in [0.05, 0.1) is 7.11 Å². The minimum Gasteiger partial charge on any atom is -0.467 e. The lowest BCUT2D eigenvalue weighted by molar-refractivity contribution is 0.377. The summed E-state index contributed by atoms with van der Waals surface area (Å²) in [6.45, 7) is 4.08. The molecule has 3 heterocycles. The average molecular weight is 337 g/mol. The Balaban J connectivity index is 1.78. The van der Waals surface area contributed by atoms with Gasteiger partial charge in [0.2, 0.25) is 11.9 Å². The third-order valence-corrected chi connectivity index (χ3v) is 5.86. The number of hydrogen-bond acceptors (Lipinski definition) is 7. The van der Waals surface area contributed by atoms with E-state index in [1.165, 1.54) is 38.5 Å². The molecule has 1 aromatic heterocycles. The van der Waals surface area contributed by atoms with E-state index >= 15 is 0 Å². The van der Waals surface area contributed by atoms with Gasteiger partial charge in [-0.2, -0.15) is 26.7 Å². The van der Waals surface area contributed by atoms with Gasteiger partial charge >= 0.3 is 6.01 Å². The number of thioether (sulfide) groups is 1. The predicted octanol–water partition coefficient (Wildman–Crippen LogP) is 2.59. The molecule has 0 bridgehead atoms. The van der Waals surface area contributed by atoms with Gasteiger partial charge in [-0.05, 0) is 31.9 Å². The van der Waals surface area contributed by atoms with Crippen LogP contribution in [0.2, 0.25) is 0 Å². The van der Waals surface area contributed by atoms with E-state index in [9.17, 15) is 0 Å². The average Bonchev–Trinajstić information content (AvgIpc) is 2.91. The molecule has 2 aliphatic rings. The van der Waals surface area contributed by atoms with Gasteiger partial charge < -0.3 is 14.5 Å². The molecule has 3 rings (SSSR count). The van der Waals surface area contributed by atoms with Crippen LogP contribution >= 0.6 is 11.8 Å². The molecule has 2 saturated heterocycles. The summed E-state index contributed by atoms with van der Waals surface area (Å²) in [5, 5.41) is 0.764. The highest BCUT2D eigenvalue weighted by atomic mass is 32.2. The summed E-state index contributed by atoms with van der Waals surface area (Å²) in [5.41, 5.74) is 0. The Kier molecular flexibility index (Phi) is 5.80. The zero-order chi connectivity index (χ0) is 16.1. The van der Waals surface area contributed by atoms with Gasteiger partial charge in [-0.15, -0.1) is 0 Å². The largest absolute Gasteiger partial charge is 0.467 e. The number of methoxy groups -OCH3 is 1. The van der Waals surface area contributed by atoms with Gasteiger partial charge in [0.15, 0.2) is 0 Å². The maximum Gasteiger partial charge on any atom is 0.322 e. The Morgan fingerprint density at radius 3 is 1.96 bits per heavy atom. The van der Waals surface area contributed by atoms with E-state index in [4.69, 9.17) is 9.72 Å². The van der Waals surface area contributed by atoms with Crippen LogP contribution in [0.15, 0.2) is 0 Å². The quantitative estimate of drug-likeness (QED) is 0.837. The third kappa shape index (κ3) is 4.19. The molecule has 128 valence electrons. The van der Waals surface area contributed by atoms with Gasteiger partial charge in [0.25, 0.3) is 0 Å². The summed E-state index contributed by atoms with van der Waals surface area (Å²) in [6, 6.07) is 0.432. The van der Waals surface area contributed by atoms with E-state index in [0.29, 0.717) is 6.01 Å². The van der Waals surface area contributed by atoms with Crippen LogP contribution in [-0.4, -0.2) is 59.7 Å². The normalized spacial score (nSPS) is 20.4. The Morgan fingerprint density at radius 2 is 1.43 bits per heavy atom. The lowest BCUT2D eigenvalue weighted by atomic mass is 10.1. The summed E-state index contributed by atoms with van der Waals surface area (Å²) in [6.07, 6.45) is 9.60. The fraction of sp³-hybridized carbons (Fsp3) is 0.812. The highest BCUT2D eigenvalue weighted by molar-refractivity contribution is 7.99. The van der Waals surface area contributed by atoms with E-state index in [2.05, 4.69) is 26.0 Å². The monoisotopic (exact) mass is 337 g/mol. The molecule has 2 fully saturated rings. The Bertz CT molecular complexity index is 499. The fourth-order valence-electron chi connectivity index (χ4n) is 3.27. The number of aromatic nitrogens is 3. The molecular weight excluding hydrogens is 310 g/mol. The van der Waals surface area contributed by atoms with Crippen molar-refractivity contribution in [3.8, 4) is 6.01 Å². The smallest absolute Gasteiger partial charge is 0.322 e. The maximum atomic E-state index is 5.33. The van der Waals surface area contributed by atoms with Crippen molar-refractivity contribution < 1.29 is 4.74 Å². The van der Waals surface area contributed by atoms with Crippen LogP contribution in [0.1, 0.15) is 38.5 Å². The van der Waals surface area contributed by atoms with Crippen LogP contribution in [0.3, 0.4) is 0 Å². The summed E-state index contributed by atoms with van der Waals surface area (Å²) in [5.74, 6) is 1.55. The molecule has 0 saturated carbocycles. The van der Waals surface area contributed by atoms with Gasteiger partial charge in [-0.1, -0.05) is 12.8 Å². The first-order valence-electron chi connectivity index (χ1n) is 8.63. The van der Waals surface area contributed by atoms with Crippen LogP contribution in [0.5, 0.6) is 6.01 Å². The van der Waals surface area contributed by atoms with Crippen molar-refractivity contribution in [3.05, 3.63) is 0 Å². The van der Waals surface area contributed by atoms with Gasteiger partial charge in [0.1, 0.15) is 0 Å². The molecule has 0 N–H and O–H groups in total.